The standard InChI is InChI=1S/C12H13N3O3/c1-15-6-8(2-3-10(15)16)11-13-12(18-14-11)9-4-5-17-7-9/h2-3,6,9H,4-5,7H2,1H3/t9-/m0/s1. The first-order valence-electron chi connectivity index (χ1n) is 5.82. The summed E-state index contributed by atoms with van der Waals surface area (Å²) >= 11 is 0. The lowest BCUT2D eigenvalue weighted by atomic mass is 10.1. The highest BCUT2D eigenvalue weighted by Crippen LogP contribution is 2.25. The number of nitrogens with zero attached hydrogens (tertiary/aromatic N) is 3. The quantitative estimate of drug-likeness (QED) is 0.789. The largest absolute Gasteiger partial charge is 0.381 e. The molecule has 94 valence electrons. The second kappa shape index (κ2) is 4.38. The topological polar surface area (TPSA) is 70.2 Å². The molecular weight excluding hydrogens is 234 g/mol. The van der Waals surface area contributed by atoms with Crippen molar-refractivity contribution in [2.45, 2.75) is 12.3 Å². The van der Waals surface area contributed by atoms with E-state index in [1.54, 1.807) is 19.3 Å². The maximum absolute atomic E-state index is 11.3. The zero-order chi connectivity index (χ0) is 12.5. The minimum absolute atomic E-state index is 0.0633. The summed E-state index contributed by atoms with van der Waals surface area (Å²) in [5.74, 6) is 1.31. The van der Waals surface area contributed by atoms with Crippen molar-refractivity contribution in [3.05, 3.63) is 34.6 Å². The molecule has 1 atom stereocenters. The number of hydrogen-bond acceptors (Lipinski definition) is 5. The Morgan fingerprint density at radius 2 is 2.33 bits per heavy atom. The Labute approximate surface area is 103 Å². The van der Waals surface area contributed by atoms with Crippen LogP contribution in [-0.4, -0.2) is 27.9 Å². The third-order valence-corrected chi connectivity index (χ3v) is 3.06. The van der Waals surface area contributed by atoms with Gasteiger partial charge in [0.15, 0.2) is 0 Å². The molecule has 6 heteroatoms. The molecule has 0 spiro atoms. The van der Waals surface area contributed by atoms with Crippen LogP contribution in [0.5, 0.6) is 0 Å². The van der Waals surface area contributed by atoms with Crippen LogP contribution in [-0.2, 0) is 11.8 Å². The molecule has 1 saturated heterocycles. The van der Waals surface area contributed by atoms with Gasteiger partial charge in [0.2, 0.25) is 17.3 Å². The van der Waals surface area contributed by atoms with Crippen LogP contribution in [0.2, 0.25) is 0 Å². The lowest BCUT2D eigenvalue weighted by Crippen LogP contribution is -2.14. The van der Waals surface area contributed by atoms with Crippen molar-refractivity contribution < 1.29 is 9.26 Å². The van der Waals surface area contributed by atoms with Gasteiger partial charge in [0, 0.05) is 31.5 Å². The fraction of sp³-hybridized carbons (Fsp3) is 0.417. The van der Waals surface area contributed by atoms with Gasteiger partial charge < -0.3 is 13.8 Å². The van der Waals surface area contributed by atoms with E-state index in [2.05, 4.69) is 10.1 Å². The molecule has 1 aliphatic rings. The first-order valence-corrected chi connectivity index (χ1v) is 5.82. The molecule has 1 aliphatic heterocycles. The number of aryl methyl sites for hydroxylation is 1. The smallest absolute Gasteiger partial charge is 0.250 e. The summed E-state index contributed by atoms with van der Waals surface area (Å²) in [6, 6.07) is 3.19. The van der Waals surface area contributed by atoms with Crippen molar-refractivity contribution in [3.63, 3.8) is 0 Å². The van der Waals surface area contributed by atoms with Crippen LogP contribution < -0.4 is 5.56 Å². The molecule has 0 saturated carbocycles. The van der Waals surface area contributed by atoms with Crippen LogP contribution in [0, 0.1) is 0 Å². The van der Waals surface area contributed by atoms with Crippen molar-refractivity contribution in [3.8, 4) is 11.4 Å². The summed E-state index contributed by atoms with van der Waals surface area (Å²) in [6.07, 6.45) is 2.61. The second-order valence-corrected chi connectivity index (χ2v) is 4.38. The van der Waals surface area contributed by atoms with Crippen LogP contribution in [0.4, 0.5) is 0 Å². The Balaban J connectivity index is 1.92. The van der Waals surface area contributed by atoms with E-state index in [9.17, 15) is 4.79 Å². The zero-order valence-electron chi connectivity index (χ0n) is 10.00. The van der Waals surface area contributed by atoms with E-state index in [0.717, 1.165) is 18.6 Å². The maximum Gasteiger partial charge on any atom is 0.250 e. The van der Waals surface area contributed by atoms with Gasteiger partial charge in [-0.2, -0.15) is 4.98 Å². The van der Waals surface area contributed by atoms with Gasteiger partial charge in [-0.05, 0) is 12.5 Å². The normalized spacial score (nSPS) is 19.3. The van der Waals surface area contributed by atoms with E-state index in [0.29, 0.717) is 18.3 Å². The zero-order valence-corrected chi connectivity index (χ0v) is 10.00. The van der Waals surface area contributed by atoms with Crippen LogP contribution in [0.3, 0.4) is 0 Å². The third-order valence-electron chi connectivity index (χ3n) is 3.06. The molecule has 18 heavy (non-hydrogen) atoms. The van der Waals surface area contributed by atoms with Gasteiger partial charge >= 0.3 is 0 Å². The number of rotatable bonds is 2. The van der Waals surface area contributed by atoms with Crippen molar-refractivity contribution in [1.29, 1.82) is 0 Å². The average molecular weight is 247 g/mol. The van der Waals surface area contributed by atoms with Gasteiger partial charge in [-0.15, -0.1) is 0 Å². The van der Waals surface area contributed by atoms with Crippen molar-refractivity contribution in [2.24, 2.45) is 7.05 Å². The minimum atomic E-state index is -0.0633. The number of pyridine rings is 1. The van der Waals surface area contributed by atoms with Crippen LogP contribution in [0.25, 0.3) is 11.4 Å². The molecule has 3 heterocycles. The van der Waals surface area contributed by atoms with Crippen LogP contribution >= 0.6 is 0 Å². The van der Waals surface area contributed by atoms with Gasteiger partial charge in [0.05, 0.1) is 12.5 Å². The summed E-state index contributed by atoms with van der Waals surface area (Å²) in [4.78, 5) is 15.7. The fourth-order valence-electron chi connectivity index (χ4n) is 1.97. The Bertz CT molecular complexity index is 611. The molecular formula is C12H13N3O3. The Kier molecular flexibility index (Phi) is 2.71. The van der Waals surface area contributed by atoms with E-state index in [4.69, 9.17) is 9.26 Å². The molecule has 2 aromatic heterocycles. The van der Waals surface area contributed by atoms with Crippen molar-refractivity contribution >= 4 is 0 Å². The third kappa shape index (κ3) is 1.95. The van der Waals surface area contributed by atoms with E-state index >= 15 is 0 Å². The summed E-state index contributed by atoms with van der Waals surface area (Å²) in [5, 5.41) is 3.94. The first-order chi connectivity index (χ1) is 8.74. The molecule has 0 unspecified atom stereocenters. The predicted octanol–water partition coefficient (Wildman–Crippen LogP) is 0.939. The highest BCUT2D eigenvalue weighted by atomic mass is 16.5. The van der Waals surface area contributed by atoms with E-state index in [-0.39, 0.29) is 11.5 Å². The molecule has 0 amide bonds. The summed E-state index contributed by atoms with van der Waals surface area (Å²) in [5.41, 5.74) is 0.706. The summed E-state index contributed by atoms with van der Waals surface area (Å²) < 4.78 is 12.0. The van der Waals surface area contributed by atoms with Crippen molar-refractivity contribution in [1.82, 2.24) is 14.7 Å². The number of hydrogen-bond donors (Lipinski definition) is 0. The van der Waals surface area contributed by atoms with E-state index < -0.39 is 0 Å². The van der Waals surface area contributed by atoms with Gasteiger partial charge in [-0.3, -0.25) is 4.79 Å². The van der Waals surface area contributed by atoms with Gasteiger partial charge in [0.1, 0.15) is 0 Å². The minimum Gasteiger partial charge on any atom is -0.381 e. The van der Waals surface area contributed by atoms with E-state index in [1.807, 2.05) is 0 Å². The number of aromatic nitrogens is 3. The highest BCUT2D eigenvalue weighted by molar-refractivity contribution is 5.52. The molecule has 0 radical (unpaired) electrons. The molecule has 0 N–H and O–H groups in total. The van der Waals surface area contributed by atoms with Gasteiger partial charge in [-0.1, -0.05) is 5.16 Å². The SMILES string of the molecule is Cn1cc(-c2noc([C@H]3CCOC3)n2)ccc1=O. The average Bonchev–Trinajstić information content (AvgIpc) is 3.01. The van der Waals surface area contributed by atoms with Crippen molar-refractivity contribution in [2.75, 3.05) is 13.2 Å². The summed E-state index contributed by atoms with van der Waals surface area (Å²) in [7, 11) is 1.69. The molecule has 1 fully saturated rings. The monoisotopic (exact) mass is 247 g/mol. The first kappa shape index (κ1) is 11.2. The molecule has 2 aromatic rings. The van der Waals surface area contributed by atoms with Crippen LogP contribution in [0.15, 0.2) is 27.6 Å². The Morgan fingerprint density at radius 1 is 1.44 bits per heavy atom. The molecule has 0 bridgehead atoms. The molecule has 0 aliphatic carbocycles. The lowest BCUT2D eigenvalue weighted by molar-refractivity contribution is 0.189. The molecule has 6 nitrogen and oxygen atoms in total. The Morgan fingerprint density at radius 3 is 3.06 bits per heavy atom. The van der Waals surface area contributed by atoms with Gasteiger partial charge in [-0.25, -0.2) is 0 Å². The molecule has 0 aromatic carbocycles. The second-order valence-electron chi connectivity index (χ2n) is 4.38. The fourth-order valence-corrected chi connectivity index (χ4v) is 1.97. The summed E-state index contributed by atoms with van der Waals surface area (Å²) in [6.45, 7) is 1.37. The maximum atomic E-state index is 11.3. The number of ether oxygens (including phenoxy) is 1. The Hall–Kier alpha value is -1.95. The molecule has 3 rings (SSSR count). The predicted molar refractivity (Wildman–Crippen MR) is 63.2 cm³/mol. The van der Waals surface area contributed by atoms with Crippen LogP contribution in [0.1, 0.15) is 18.2 Å². The van der Waals surface area contributed by atoms with E-state index in [1.165, 1.54) is 10.6 Å². The highest BCUT2D eigenvalue weighted by Gasteiger charge is 2.24. The lowest BCUT2D eigenvalue weighted by Gasteiger charge is -1.99. The van der Waals surface area contributed by atoms with Gasteiger partial charge in [0.25, 0.3) is 0 Å².